The Kier molecular flexibility index (Phi) is 4.57. The molecule has 3 nitrogen and oxygen atoms in total. The number of allylic oxidation sites excluding steroid dienone is 1. The van der Waals surface area contributed by atoms with Crippen molar-refractivity contribution in [2.24, 2.45) is 5.41 Å². The van der Waals surface area contributed by atoms with Crippen molar-refractivity contribution in [3.05, 3.63) is 11.8 Å². The van der Waals surface area contributed by atoms with Crippen molar-refractivity contribution in [3.63, 3.8) is 0 Å². The van der Waals surface area contributed by atoms with Crippen molar-refractivity contribution in [2.45, 2.75) is 71.0 Å². The summed E-state index contributed by atoms with van der Waals surface area (Å²) in [6, 6.07) is 0. The van der Waals surface area contributed by atoms with Gasteiger partial charge in [0.1, 0.15) is 17.5 Å². The highest BCUT2D eigenvalue weighted by molar-refractivity contribution is 5.12. The summed E-state index contributed by atoms with van der Waals surface area (Å²) >= 11 is 0. The van der Waals surface area contributed by atoms with Gasteiger partial charge in [-0.3, -0.25) is 0 Å². The van der Waals surface area contributed by atoms with E-state index < -0.39 is 11.7 Å². The van der Waals surface area contributed by atoms with Crippen molar-refractivity contribution in [1.29, 1.82) is 0 Å². The summed E-state index contributed by atoms with van der Waals surface area (Å²) < 4.78 is 11.7. The molecule has 3 heteroatoms. The zero-order valence-electron chi connectivity index (χ0n) is 12.6. The summed E-state index contributed by atoms with van der Waals surface area (Å²) in [5, 5.41) is 10.7. The third kappa shape index (κ3) is 3.32. The van der Waals surface area contributed by atoms with Gasteiger partial charge in [-0.25, -0.2) is 0 Å². The minimum absolute atomic E-state index is 0.363. The Balaban J connectivity index is 2.12. The fourth-order valence-corrected chi connectivity index (χ4v) is 3.16. The van der Waals surface area contributed by atoms with E-state index >= 15 is 0 Å². The van der Waals surface area contributed by atoms with Gasteiger partial charge in [0.15, 0.2) is 0 Å². The van der Waals surface area contributed by atoms with Crippen LogP contribution in [0.4, 0.5) is 0 Å². The highest BCUT2D eigenvalue weighted by Crippen LogP contribution is 2.45. The molecule has 1 fully saturated rings. The molecule has 0 spiro atoms. The lowest BCUT2D eigenvalue weighted by Crippen LogP contribution is -2.50. The van der Waals surface area contributed by atoms with Gasteiger partial charge in [0.25, 0.3) is 0 Å². The Bertz CT molecular complexity index is 323. The van der Waals surface area contributed by atoms with Gasteiger partial charge in [0.2, 0.25) is 0 Å². The predicted molar refractivity (Wildman–Crippen MR) is 75.9 cm³/mol. The average Bonchev–Trinajstić information content (AvgIpc) is 2.42. The Labute approximate surface area is 117 Å². The second-order valence-corrected chi connectivity index (χ2v) is 6.66. The molecule has 1 unspecified atom stereocenters. The van der Waals surface area contributed by atoms with Gasteiger partial charge in [0, 0.05) is 6.61 Å². The zero-order chi connectivity index (χ0) is 13.9. The first-order valence-electron chi connectivity index (χ1n) is 7.64. The van der Waals surface area contributed by atoms with E-state index in [0.29, 0.717) is 12.0 Å². The number of hydrogen-bond acceptors (Lipinski definition) is 3. The van der Waals surface area contributed by atoms with Crippen LogP contribution in [0.25, 0.3) is 0 Å². The molecule has 2 aliphatic rings. The molecule has 0 aromatic carbocycles. The molecule has 1 aliphatic heterocycles. The van der Waals surface area contributed by atoms with E-state index in [-0.39, 0.29) is 0 Å². The summed E-state index contributed by atoms with van der Waals surface area (Å²) in [6.07, 6.45) is 7.49. The average molecular weight is 268 g/mol. The largest absolute Gasteiger partial charge is 0.495 e. The van der Waals surface area contributed by atoms with E-state index in [2.05, 4.69) is 13.8 Å². The smallest absolute Gasteiger partial charge is 0.139 e. The van der Waals surface area contributed by atoms with Crippen LogP contribution in [-0.2, 0) is 9.47 Å². The maximum atomic E-state index is 10.7. The first-order chi connectivity index (χ1) is 8.99. The van der Waals surface area contributed by atoms with Crippen LogP contribution in [0.1, 0.15) is 59.3 Å². The van der Waals surface area contributed by atoms with E-state index in [1.54, 1.807) is 0 Å². The highest BCUT2D eigenvalue weighted by atomic mass is 16.5. The first-order valence-corrected chi connectivity index (χ1v) is 7.64. The Morgan fingerprint density at radius 1 is 1.32 bits per heavy atom. The van der Waals surface area contributed by atoms with Gasteiger partial charge in [0.05, 0.1) is 6.61 Å². The third-order valence-electron chi connectivity index (χ3n) is 4.61. The minimum Gasteiger partial charge on any atom is -0.495 e. The fourth-order valence-electron chi connectivity index (χ4n) is 3.16. The molecule has 0 saturated heterocycles. The monoisotopic (exact) mass is 268 g/mol. The third-order valence-corrected chi connectivity index (χ3v) is 4.61. The molecule has 2 rings (SSSR count). The maximum Gasteiger partial charge on any atom is 0.139 e. The van der Waals surface area contributed by atoms with Crippen LogP contribution in [0.3, 0.4) is 0 Å². The van der Waals surface area contributed by atoms with E-state index in [1.165, 1.54) is 0 Å². The molecular weight excluding hydrogens is 240 g/mol. The van der Waals surface area contributed by atoms with E-state index in [0.717, 1.165) is 50.9 Å². The van der Waals surface area contributed by atoms with Crippen LogP contribution in [0.2, 0.25) is 0 Å². The molecule has 1 saturated carbocycles. The molecule has 1 N–H and O–H groups in total. The fraction of sp³-hybridized carbons (Fsp3) is 0.875. The van der Waals surface area contributed by atoms with E-state index in [1.807, 2.05) is 13.0 Å². The summed E-state index contributed by atoms with van der Waals surface area (Å²) in [4.78, 5) is 0. The van der Waals surface area contributed by atoms with E-state index in [9.17, 15) is 5.11 Å². The molecular formula is C16H28O3. The molecule has 0 bridgehead atoms. The lowest BCUT2D eigenvalue weighted by molar-refractivity contribution is -0.152. The Morgan fingerprint density at radius 2 is 2.00 bits per heavy atom. The topological polar surface area (TPSA) is 38.7 Å². The molecule has 1 heterocycles. The van der Waals surface area contributed by atoms with Gasteiger partial charge in [-0.15, -0.1) is 0 Å². The van der Waals surface area contributed by atoms with Crippen LogP contribution in [0.15, 0.2) is 11.8 Å². The van der Waals surface area contributed by atoms with Crippen molar-refractivity contribution >= 4 is 0 Å². The SMILES string of the molecule is CCOC1(C(O)C2=CCCCO2)CCC(C)(C)CC1. The quantitative estimate of drug-likeness (QED) is 0.849. The first kappa shape index (κ1) is 14.9. The number of aliphatic hydroxyl groups is 1. The minimum atomic E-state index is -0.608. The van der Waals surface area contributed by atoms with E-state index in [4.69, 9.17) is 9.47 Å². The number of ether oxygens (including phenoxy) is 2. The lowest BCUT2D eigenvalue weighted by Gasteiger charge is -2.46. The molecule has 110 valence electrons. The maximum absolute atomic E-state index is 10.7. The van der Waals surface area contributed by atoms with Gasteiger partial charge in [-0.2, -0.15) is 0 Å². The van der Waals surface area contributed by atoms with Crippen molar-refractivity contribution < 1.29 is 14.6 Å². The number of hydrogen-bond donors (Lipinski definition) is 1. The summed E-state index contributed by atoms with van der Waals surface area (Å²) in [6.45, 7) is 7.96. The predicted octanol–water partition coefficient (Wildman–Crippen LogP) is 3.42. The van der Waals surface area contributed by atoms with Crippen LogP contribution in [-0.4, -0.2) is 30.0 Å². The lowest BCUT2D eigenvalue weighted by atomic mass is 9.68. The normalized spacial score (nSPS) is 27.3. The Morgan fingerprint density at radius 3 is 2.53 bits per heavy atom. The molecule has 0 aromatic heterocycles. The van der Waals surface area contributed by atoms with Gasteiger partial charge in [-0.1, -0.05) is 13.8 Å². The molecule has 0 aromatic rings. The van der Waals surface area contributed by atoms with Crippen molar-refractivity contribution in [3.8, 4) is 0 Å². The van der Waals surface area contributed by atoms with Gasteiger partial charge in [-0.05, 0) is 56.9 Å². The number of aliphatic hydroxyl groups excluding tert-OH is 1. The van der Waals surface area contributed by atoms with Crippen LogP contribution in [0, 0.1) is 5.41 Å². The standard InChI is InChI=1S/C16H28O3/c1-4-19-16(10-8-15(2,3)9-11-16)14(17)13-7-5-6-12-18-13/h7,14,17H,4-6,8-12H2,1-3H3. The van der Waals surface area contributed by atoms with Crippen molar-refractivity contribution in [2.75, 3.05) is 13.2 Å². The highest BCUT2D eigenvalue weighted by Gasteiger charge is 2.46. The van der Waals surface area contributed by atoms with Gasteiger partial charge >= 0.3 is 0 Å². The van der Waals surface area contributed by atoms with Gasteiger partial charge < -0.3 is 14.6 Å². The molecule has 1 atom stereocenters. The molecule has 0 amide bonds. The molecule has 0 radical (unpaired) electrons. The van der Waals surface area contributed by atoms with Crippen LogP contribution < -0.4 is 0 Å². The summed E-state index contributed by atoms with van der Waals surface area (Å²) in [7, 11) is 0. The number of rotatable bonds is 4. The molecule has 1 aliphatic carbocycles. The van der Waals surface area contributed by atoms with Crippen LogP contribution >= 0.6 is 0 Å². The second-order valence-electron chi connectivity index (χ2n) is 6.66. The van der Waals surface area contributed by atoms with Crippen LogP contribution in [0.5, 0.6) is 0 Å². The second kappa shape index (κ2) is 5.84. The molecule has 19 heavy (non-hydrogen) atoms. The Hall–Kier alpha value is -0.540. The zero-order valence-corrected chi connectivity index (χ0v) is 12.6. The van der Waals surface area contributed by atoms with Crippen molar-refractivity contribution in [1.82, 2.24) is 0 Å². The summed E-state index contributed by atoms with van der Waals surface area (Å²) in [5.41, 5.74) is -0.0738. The summed E-state index contributed by atoms with van der Waals surface area (Å²) in [5.74, 6) is 0.736.